The molecule has 2 aliphatic rings. The number of rotatable bonds is 4. The van der Waals surface area contributed by atoms with Crippen LogP contribution in [0.15, 0.2) is 39.8 Å². The Morgan fingerprint density at radius 2 is 2.00 bits per heavy atom. The number of carbonyl (C=O) groups is 1. The van der Waals surface area contributed by atoms with E-state index in [0.29, 0.717) is 24.3 Å². The summed E-state index contributed by atoms with van der Waals surface area (Å²) in [5, 5.41) is 3.70. The maximum atomic E-state index is 12.8. The highest BCUT2D eigenvalue weighted by Crippen LogP contribution is 2.36. The fourth-order valence-electron chi connectivity index (χ4n) is 3.30. The van der Waals surface area contributed by atoms with E-state index in [9.17, 15) is 13.2 Å². The van der Waals surface area contributed by atoms with Gasteiger partial charge >= 0.3 is 0 Å². The summed E-state index contributed by atoms with van der Waals surface area (Å²) in [7, 11) is -3.71. The quantitative estimate of drug-likeness (QED) is 0.892. The van der Waals surface area contributed by atoms with Crippen molar-refractivity contribution in [1.29, 1.82) is 0 Å². The molecule has 2 N–H and O–H groups in total. The second-order valence-electron chi connectivity index (χ2n) is 6.29. The number of fused-ring (bicyclic) bond motifs is 1. The van der Waals surface area contributed by atoms with Crippen LogP contribution in [0.2, 0.25) is 0 Å². The van der Waals surface area contributed by atoms with Crippen molar-refractivity contribution in [2.75, 3.05) is 0 Å². The molecule has 2 fully saturated rings. The highest BCUT2D eigenvalue weighted by molar-refractivity contribution is 7.89. The first kappa shape index (κ1) is 14.7. The van der Waals surface area contributed by atoms with Crippen LogP contribution in [-0.2, 0) is 14.8 Å². The summed E-state index contributed by atoms with van der Waals surface area (Å²) in [6.45, 7) is 0. The molecule has 4 rings (SSSR count). The largest absolute Gasteiger partial charge is 0.463 e. The first-order valence-electron chi connectivity index (χ1n) is 7.82. The maximum absolute atomic E-state index is 12.8. The summed E-state index contributed by atoms with van der Waals surface area (Å²) < 4.78 is 33.7. The van der Waals surface area contributed by atoms with Crippen molar-refractivity contribution in [2.24, 2.45) is 5.92 Å². The van der Waals surface area contributed by atoms with Gasteiger partial charge in [0.25, 0.3) is 0 Å². The number of para-hydroxylation sites is 1. The molecule has 1 saturated carbocycles. The highest BCUT2D eigenvalue weighted by atomic mass is 32.2. The Morgan fingerprint density at radius 1 is 1.17 bits per heavy atom. The van der Waals surface area contributed by atoms with Crippen LogP contribution in [0.3, 0.4) is 0 Å². The minimum Gasteiger partial charge on any atom is -0.463 e. The molecular weight excluding hydrogens is 316 g/mol. The van der Waals surface area contributed by atoms with Gasteiger partial charge in [0, 0.05) is 23.9 Å². The predicted octanol–water partition coefficient (Wildman–Crippen LogP) is 1.77. The summed E-state index contributed by atoms with van der Waals surface area (Å²) >= 11 is 0. The van der Waals surface area contributed by atoms with Crippen molar-refractivity contribution in [2.45, 2.75) is 42.7 Å². The van der Waals surface area contributed by atoms with E-state index in [0.717, 1.165) is 18.2 Å². The van der Waals surface area contributed by atoms with Crippen molar-refractivity contribution < 1.29 is 17.6 Å². The van der Waals surface area contributed by atoms with Crippen LogP contribution < -0.4 is 10.0 Å². The minimum atomic E-state index is -3.71. The molecule has 2 atom stereocenters. The smallest absolute Gasteiger partial charge is 0.244 e. The molecule has 23 heavy (non-hydrogen) atoms. The van der Waals surface area contributed by atoms with Crippen molar-refractivity contribution in [3.8, 4) is 0 Å². The Kier molecular flexibility index (Phi) is 3.42. The lowest BCUT2D eigenvalue weighted by molar-refractivity contribution is -0.123. The third-order valence-electron chi connectivity index (χ3n) is 4.61. The fraction of sp³-hybridized carbons (Fsp3) is 0.438. The molecule has 1 aliphatic heterocycles. The zero-order valence-electron chi connectivity index (χ0n) is 12.5. The zero-order valence-corrected chi connectivity index (χ0v) is 13.3. The van der Waals surface area contributed by atoms with Gasteiger partial charge in [0.15, 0.2) is 5.58 Å². The highest BCUT2D eigenvalue weighted by Gasteiger charge is 2.41. The van der Waals surface area contributed by atoms with Crippen LogP contribution in [0, 0.1) is 5.92 Å². The number of piperidine rings is 1. The van der Waals surface area contributed by atoms with Gasteiger partial charge in [-0.2, -0.15) is 0 Å². The number of furan rings is 1. The fourth-order valence-corrected chi connectivity index (χ4v) is 4.76. The Hall–Kier alpha value is -1.86. The lowest BCUT2D eigenvalue weighted by atomic mass is 9.95. The predicted molar refractivity (Wildman–Crippen MR) is 84.2 cm³/mol. The molecule has 1 saturated heterocycles. The van der Waals surface area contributed by atoms with Crippen LogP contribution in [0.4, 0.5) is 0 Å². The lowest BCUT2D eigenvalue weighted by Gasteiger charge is -2.32. The third-order valence-corrected chi connectivity index (χ3v) is 6.13. The molecule has 7 heteroatoms. The number of hydrogen-bond donors (Lipinski definition) is 2. The van der Waals surface area contributed by atoms with Gasteiger partial charge in [-0.3, -0.25) is 4.79 Å². The van der Waals surface area contributed by atoms with E-state index >= 15 is 0 Å². The Labute approximate surface area is 134 Å². The number of nitrogens with one attached hydrogen (secondary N) is 2. The van der Waals surface area contributed by atoms with E-state index in [4.69, 9.17) is 4.42 Å². The van der Waals surface area contributed by atoms with Gasteiger partial charge in [0.1, 0.15) is 4.90 Å². The van der Waals surface area contributed by atoms with E-state index < -0.39 is 10.0 Å². The Bertz CT molecular complexity index is 854. The first-order chi connectivity index (χ1) is 11.0. The number of sulfonamides is 1. The summed E-state index contributed by atoms with van der Waals surface area (Å²) in [6, 6.07) is 6.42. The van der Waals surface area contributed by atoms with Crippen LogP contribution in [-0.4, -0.2) is 26.4 Å². The lowest BCUT2D eigenvalue weighted by Crippen LogP contribution is -2.56. The summed E-state index contributed by atoms with van der Waals surface area (Å²) in [4.78, 5) is 11.8. The second kappa shape index (κ2) is 5.35. The molecule has 1 aromatic carbocycles. The molecule has 1 aromatic heterocycles. The van der Waals surface area contributed by atoms with Gasteiger partial charge < -0.3 is 9.73 Å². The molecule has 1 aliphatic carbocycles. The number of carbonyl (C=O) groups excluding carboxylic acids is 1. The molecule has 122 valence electrons. The summed E-state index contributed by atoms with van der Waals surface area (Å²) in [6.07, 6.45) is 4.44. The molecule has 0 radical (unpaired) electrons. The number of amides is 1. The van der Waals surface area contributed by atoms with Crippen molar-refractivity contribution in [3.63, 3.8) is 0 Å². The summed E-state index contributed by atoms with van der Waals surface area (Å²) in [5.41, 5.74) is 0.364. The monoisotopic (exact) mass is 334 g/mol. The third kappa shape index (κ3) is 2.74. The van der Waals surface area contributed by atoms with E-state index in [1.807, 2.05) is 6.07 Å². The van der Waals surface area contributed by atoms with Crippen LogP contribution in [0.25, 0.3) is 11.0 Å². The van der Waals surface area contributed by atoms with Gasteiger partial charge in [0.2, 0.25) is 15.9 Å². The number of benzene rings is 1. The molecule has 0 unspecified atom stereocenters. The van der Waals surface area contributed by atoms with Crippen molar-refractivity contribution in [1.82, 2.24) is 10.0 Å². The molecule has 2 heterocycles. The van der Waals surface area contributed by atoms with Crippen LogP contribution >= 0.6 is 0 Å². The van der Waals surface area contributed by atoms with Gasteiger partial charge in [-0.05, 0) is 37.3 Å². The van der Waals surface area contributed by atoms with Gasteiger partial charge in [-0.15, -0.1) is 0 Å². The van der Waals surface area contributed by atoms with E-state index in [1.54, 1.807) is 18.2 Å². The minimum absolute atomic E-state index is 0.00508. The standard InChI is InChI=1S/C16H18N2O4S/c19-14-7-6-12(15(17-14)10-4-5-10)18-23(20,21)13-3-1-2-11-8-9-22-16(11)13/h1-3,8-10,12,15,18H,4-7H2,(H,17,19)/t12-,15+/m1/s1. The molecule has 0 bridgehead atoms. The molecule has 6 nitrogen and oxygen atoms in total. The second-order valence-corrected chi connectivity index (χ2v) is 7.97. The Morgan fingerprint density at radius 3 is 2.78 bits per heavy atom. The van der Waals surface area contributed by atoms with Gasteiger partial charge in [-0.25, -0.2) is 13.1 Å². The normalized spacial score (nSPS) is 25.5. The summed E-state index contributed by atoms with van der Waals surface area (Å²) in [5.74, 6) is 0.386. The van der Waals surface area contributed by atoms with Crippen molar-refractivity contribution in [3.05, 3.63) is 30.5 Å². The Balaban J connectivity index is 1.64. The topological polar surface area (TPSA) is 88.4 Å². The average Bonchev–Trinajstić information content (AvgIpc) is 3.25. The number of hydrogen-bond acceptors (Lipinski definition) is 4. The first-order valence-corrected chi connectivity index (χ1v) is 9.31. The maximum Gasteiger partial charge on any atom is 0.244 e. The van der Waals surface area contributed by atoms with Crippen LogP contribution in [0.1, 0.15) is 25.7 Å². The van der Waals surface area contributed by atoms with Crippen LogP contribution in [0.5, 0.6) is 0 Å². The molecule has 0 spiro atoms. The molecule has 1 amide bonds. The SMILES string of the molecule is O=C1CC[C@@H](NS(=O)(=O)c2cccc3ccoc23)[C@H](C2CC2)N1. The van der Waals surface area contributed by atoms with E-state index in [-0.39, 0.29) is 22.9 Å². The zero-order chi connectivity index (χ0) is 16.0. The van der Waals surface area contributed by atoms with Gasteiger partial charge in [0.05, 0.1) is 6.26 Å². The van der Waals surface area contributed by atoms with Gasteiger partial charge in [-0.1, -0.05) is 12.1 Å². The molecular formula is C16H18N2O4S. The van der Waals surface area contributed by atoms with E-state index in [2.05, 4.69) is 10.0 Å². The van der Waals surface area contributed by atoms with E-state index in [1.165, 1.54) is 6.26 Å². The average molecular weight is 334 g/mol. The molecule has 2 aromatic rings. The van der Waals surface area contributed by atoms with Crippen molar-refractivity contribution >= 4 is 26.9 Å².